The van der Waals surface area contributed by atoms with Crippen LogP contribution in [0.3, 0.4) is 0 Å². The molecule has 7 heavy (non-hydrogen) atoms. The van der Waals surface area contributed by atoms with Gasteiger partial charge in [0, 0.05) is 0 Å². The molecule has 4 heteroatoms. The van der Waals surface area contributed by atoms with E-state index in [0.29, 0.717) is 0 Å². The summed E-state index contributed by atoms with van der Waals surface area (Å²) in [7, 11) is 0. The van der Waals surface area contributed by atoms with Crippen LogP contribution in [-0.4, -0.2) is 18.7 Å². The van der Waals surface area contributed by atoms with Gasteiger partial charge in [0.2, 0.25) is 5.39 Å². The zero-order valence-electron chi connectivity index (χ0n) is 3.52. The molecule has 0 saturated carbocycles. The molecule has 0 unspecified atom stereocenters. The Labute approximate surface area is 40.2 Å². The van der Waals surface area contributed by atoms with Gasteiger partial charge < -0.3 is 0 Å². The third-order valence-corrected chi connectivity index (χ3v) is 0.609. The van der Waals surface area contributed by atoms with Gasteiger partial charge in [0.1, 0.15) is 0 Å². The fourth-order valence-electron chi connectivity index (χ4n) is 0.329. The first-order chi connectivity index (χ1) is 3.43. The minimum Gasteiger partial charge on any atom is -0.182 e. The van der Waals surface area contributed by atoms with Crippen LogP contribution in [0.4, 0.5) is 0 Å². The Balaban J connectivity index is 2.65. The van der Waals surface area contributed by atoms with Crippen LogP contribution in [0.1, 0.15) is 0 Å². The monoisotopic (exact) mass is 95.0 g/mol. The highest BCUT2D eigenvalue weighted by molar-refractivity contribution is 6.17. The number of hydrogen-bond acceptors (Lipinski definition) is 3. The first kappa shape index (κ1) is 3.93. The molecular formula is C3H3N4+. The van der Waals surface area contributed by atoms with Crippen molar-refractivity contribution in [1.29, 1.82) is 5.39 Å². The highest BCUT2D eigenvalue weighted by atomic mass is 15.2. The molecule has 1 heterocycles. The highest BCUT2D eigenvalue weighted by Gasteiger charge is 2.14. The molecule has 0 spiro atoms. The minimum atomic E-state index is -0.583. The lowest BCUT2D eigenvalue weighted by Crippen LogP contribution is -1.82. The van der Waals surface area contributed by atoms with E-state index in [1.165, 1.54) is 12.4 Å². The summed E-state index contributed by atoms with van der Waals surface area (Å²) in [5.74, 6) is 0. The third-order valence-electron chi connectivity index (χ3n) is 0.609. The maximum absolute atomic E-state index is 7.96. The summed E-state index contributed by atoms with van der Waals surface area (Å²) in [5.41, 5.74) is 0. The molecule has 0 bridgehead atoms. The molecule has 0 aromatic rings. The van der Waals surface area contributed by atoms with Crippen molar-refractivity contribution in [3.05, 3.63) is 4.98 Å². The maximum atomic E-state index is 7.96. The SMILES string of the molecule is N#[N+]C1N=CC=N1. The second-order valence-electron chi connectivity index (χ2n) is 1.06. The van der Waals surface area contributed by atoms with Crippen LogP contribution >= 0.6 is 0 Å². The van der Waals surface area contributed by atoms with Gasteiger partial charge in [-0.15, -0.1) is 0 Å². The van der Waals surface area contributed by atoms with Gasteiger partial charge in [-0.2, -0.15) is 9.98 Å². The Hall–Kier alpha value is -1.24. The van der Waals surface area contributed by atoms with Crippen molar-refractivity contribution in [3.63, 3.8) is 0 Å². The number of nitrogens with zero attached hydrogens (tertiary/aromatic N) is 4. The van der Waals surface area contributed by atoms with Crippen LogP contribution in [0.15, 0.2) is 9.98 Å². The van der Waals surface area contributed by atoms with Crippen LogP contribution < -0.4 is 0 Å². The normalized spacial score (nSPS) is 17.6. The number of hydrogen-bond donors (Lipinski definition) is 0. The third kappa shape index (κ3) is 0.602. The van der Waals surface area contributed by atoms with Gasteiger partial charge in [0.25, 0.3) is 0 Å². The molecule has 1 aliphatic rings. The fraction of sp³-hybridized carbons (Fsp3) is 0.333. The fourth-order valence-corrected chi connectivity index (χ4v) is 0.329. The summed E-state index contributed by atoms with van der Waals surface area (Å²) in [4.78, 5) is 9.97. The van der Waals surface area contributed by atoms with Gasteiger partial charge >= 0.3 is 6.29 Å². The summed E-state index contributed by atoms with van der Waals surface area (Å²) < 4.78 is 0. The summed E-state index contributed by atoms with van der Waals surface area (Å²) in [6, 6.07) is 0. The molecule has 0 aliphatic carbocycles. The van der Waals surface area contributed by atoms with Crippen molar-refractivity contribution < 1.29 is 0 Å². The average Bonchev–Trinajstić information content (AvgIpc) is 2.14. The van der Waals surface area contributed by atoms with Gasteiger partial charge in [0.15, 0.2) is 4.98 Å². The van der Waals surface area contributed by atoms with Crippen molar-refractivity contribution in [3.8, 4) is 0 Å². The van der Waals surface area contributed by atoms with Crippen molar-refractivity contribution in [1.82, 2.24) is 0 Å². The van der Waals surface area contributed by atoms with Crippen LogP contribution in [0, 0.1) is 5.39 Å². The molecule has 34 valence electrons. The largest absolute Gasteiger partial charge is 0.505 e. The Morgan fingerprint density at radius 1 is 1.43 bits per heavy atom. The second-order valence-corrected chi connectivity index (χ2v) is 1.06. The van der Waals surface area contributed by atoms with Crippen molar-refractivity contribution in [2.45, 2.75) is 6.29 Å². The maximum Gasteiger partial charge on any atom is 0.505 e. The molecule has 0 amide bonds. The Morgan fingerprint density at radius 3 is 2.29 bits per heavy atom. The molecule has 0 radical (unpaired) electrons. The highest BCUT2D eigenvalue weighted by Crippen LogP contribution is 1.95. The predicted molar refractivity (Wildman–Crippen MR) is 25.9 cm³/mol. The lowest BCUT2D eigenvalue weighted by molar-refractivity contribution is 0.878. The Kier molecular flexibility index (Phi) is 0.828. The molecule has 0 aromatic heterocycles. The zero-order chi connectivity index (χ0) is 5.11. The van der Waals surface area contributed by atoms with Crippen LogP contribution in [0.25, 0.3) is 4.98 Å². The minimum absolute atomic E-state index is 0.583. The molecule has 0 atom stereocenters. The molecule has 4 nitrogen and oxygen atoms in total. The van der Waals surface area contributed by atoms with Crippen LogP contribution in [0.2, 0.25) is 0 Å². The van der Waals surface area contributed by atoms with E-state index in [1.54, 1.807) is 0 Å². The van der Waals surface area contributed by atoms with E-state index < -0.39 is 6.29 Å². The topological polar surface area (TPSA) is 52.9 Å². The van der Waals surface area contributed by atoms with E-state index >= 15 is 0 Å². The first-order valence-corrected chi connectivity index (χ1v) is 1.82. The van der Waals surface area contributed by atoms with Gasteiger partial charge in [-0.05, 0) is 0 Å². The second kappa shape index (κ2) is 1.47. The molecular weight excluding hydrogens is 92.1 g/mol. The van der Waals surface area contributed by atoms with Gasteiger partial charge in [-0.25, -0.2) is 0 Å². The van der Waals surface area contributed by atoms with Crippen LogP contribution in [0.5, 0.6) is 0 Å². The lowest BCUT2D eigenvalue weighted by atomic mass is 10.9. The smallest absolute Gasteiger partial charge is 0.182 e. The van der Waals surface area contributed by atoms with E-state index in [2.05, 4.69) is 15.0 Å². The van der Waals surface area contributed by atoms with E-state index in [-0.39, 0.29) is 0 Å². The molecule has 0 fully saturated rings. The van der Waals surface area contributed by atoms with E-state index in [9.17, 15) is 0 Å². The lowest BCUT2D eigenvalue weighted by Gasteiger charge is -1.65. The number of aliphatic imine (C=N–C) groups is 2. The molecule has 1 aliphatic heterocycles. The van der Waals surface area contributed by atoms with Gasteiger partial charge in [-0.1, -0.05) is 0 Å². The summed E-state index contributed by atoms with van der Waals surface area (Å²) in [5, 5.41) is 7.96. The molecule has 0 saturated heterocycles. The number of rotatable bonds is 0. The molecule has 0 N–H and O–H groups in total. The Morgan fingerprint density at radius 2 is 2.00 bits per heavy atom. The summed E-state index contributed by atoms with van der Waals surface area (Å²) >= 11 is 0. The summed E-state index contributed by atoms with van der Waals surface area (Å²) in [6.45, 7) is 0. The van der Waals surface area contributed by atoms with Gasteiger partial charge in [0.05, 0.1) is 12.4 Å². The number of diazo groups is 1. The van der Waals surface area contributed by atoms with Crippen molar-refractivity contribution in [2.24, 2.45) is 9.98 Å². The van der Waals surface area contributed by atoms with E-state index in [0.717, 1.165) is 0 Å². The first-order valence-electron chi connectivity index (χ1n) is 1.82. The molecule has 0 aromatic carbocycles. The predicted octanol–water partition coefficient (Wildman–Crippen LogP) is 0.278. The zero-order valence-corrected chi connectivity index (χ0v) is 3.52. The van der Waals surface area contributed by atoms with E-state index in [4.69, 9.17) is 5.39 Å². The van der Waals surface area contributed by atoms with Gasteiger partial charge in [-0.3, -0.25) is 0 Å². The Bertz CT molecular complexity index is 139. The quantitative estimate of drug-likeness (QED) is 0.398. The standard InChI is InChI=1S/C3H3N4/c4-7-3-5-1-2-6-3/h1-3H/q+1. The summed E-state index contributed by atoms with van der Waals surface area (Å²) in [6.07, 6.45) is 2.40. The average molecular weight is 95.1 g/mol. The molecule has 1 rings (SSSR count). The van der Waals surface area contributed by atoms with E-state index in [1.807, 2.05) is 0 Å². The van der Waals surface area contributed by atoms with Crippen LogP contribution in [-0.2, 0) is 0 Å². The van der Waals surface area contributed by atoms with Crippen molar-refractivity contribution in [2.75, 3.05) is 0 Å². The van der Waals surface area contributed by atoms with Crippen molar-refractivity contribution >= 4 is 12.4 Å².